The van der Waals surface area contributed by atoms with Crippen molar-refractivity contribution in [3.05, 3.63) is 72.9 Å². The van der Waals surface area contributed by atoms with Gasteiger partial charge in [-0.1, -0.05) is 12.1 Å². The Labute approximate surface area is 215 Å². The zero-order valence-electron chi connectivity index (χ0n) is 19.6. The molecule has 1 aliphatic heterocycles. The van der Waals surface area contributed by atoms with E-state index in [-0.39, 0.29) is 36.1 Å². The number of aromatic nitrogens is 4. The van der Waals surface area contributed by atoms with Crippen molar-refractivity contribution in [3.8, 4) is 22.7 Å². The molecule has 1 saturated heterocycles. The number of aliphatic hydroxyl groups excluding tert-OH is 1. The van der Waals surface area contributed by atoms with Crippen molar-refractivity contribution in [2.45, 2.75) is 29.6 Å². The Morgan fingerprint density at radius 3 is 2.47 bits per heavy atom. The minimum absolute atomic E-state index is 0.0652. The summed E-state index contributed by atoms with van der Waals surface area (Å²) in [4.78, 5) is 8.02. The number of sulfonamides is 1. The van der Waals surface area contributed by atoms with E-state index in [9.17, 15) is 26.7 Å². The summed E-state index contributed by atoms with van der Waals surface area (Å²) in [5, 5.41) is 21.0. The molecule has 4 aromatic rings. The van der Waals surface area contributed by atoms with Crippen molar-refractivity contribution in [1.29, 1.82) is 0 Å². The highest BCUT2D eigenvalue weighted by atomic mass is 32.2. The van der Waals surface area contributed by atoms with Crippen LogP contribution in [0.3, 0.4) is 0 Å². The van der Waals surface area contributed by atoms with Crippen LogP contribution < -0.4 is 5.32 Å². The lowest BCUT2D eigenvalue weighted by Crippen LogP contribution is -2.51. The minimum atomic E-state index is -4.50. The highest BCUT2D eigenvalue weighted by Crippen LogP contribution is 2.30. The molecule has 4 heterocycles. The van der Waals surface area contributed by atoms with E-state index >= 15 is 0 Å². The summed E-state index contributed by atoms with van der Waals surface area (Å²) in [5.74, 6) is 0.420. The van der Waals surface area contributed by atoms with Crippen molar-refractivity contribution >= 4 is 15.8 Å². The predicted octanol–water partition coefficient (Wildman–Crippen LogP) is 3.45. The number of nitrogens with zero attached hydrogens (tertiary/aromatic N) is 5. The zero-order valence-corrected chi connectivity index (χ0v) is 20.4. The monoisotopic (exact) mass is 546 g/mol. The van der Waals surface area contributed by atoms with Gasteiger partial charge in [-0.25, -0.2) is 13.4 Å². The fraction of sp³-hybridized carbons (Fsp3) is 0.250. The van der Waals surface area contributed by atoms with Crippen LogP contribution >= 0.6 is 0 Å². The normalized spacial score (nSPS) is 18.8. The number of β-amino-alcohol motifs (C(OH)–C–C–N with tert-alkyl or cyclic N) is 1. The predicted molar refractivity (Wildman–Crippen MR) is 129 cm³/mol. The summed E-state index contributed by atoms with van der Waals surface area (Å²) in [7, 11) is -3.90. The molecule has 0 amide bonds. The SMILES string of the molecule is O=S(=O)(c1ccc(-c2ccnc(-c3nnco3)c2)cc1)N1CCC(Nc2ccc(C(F)(F)F)cn2)C(O)C1. The van der Waals surface area contributed by atoms with Crippen LogP contribution in [0.1, 0.15) is 12.0 Å². The Hall–Kier alpha value is -3.88. The average Bonchev–Trinajstić information content (AvgIpc) is 3.45. The molecule has 5 rings (SSSR count). The first-order valence-corrected chi connectivity index (χ1v) is 12.9. The fourth-order valence-corrected chi connectivity index (χ4v) is 5.58. The summed E-state index contributed by atoms with van der Waals surface area (Å²) in [6, 6.07) is 11.3. The van der Waals surface area contributed by atoms with Crippen LogP contribution in [0.4, 0.5) is 19.0 Å². The van der Waals surface area contributed by atoms with Gasteiger partial charge in [-0.3, -0.25) is 4.98 Å². The molecular formula is C24H21F3N6O4S. The Kier molecular flexibility index (Phi) is 6.86. The number of rotatable bonds is 6. The van der Waals surface area contributed by atoms with Gasteiger partial charge in [0.1, 0.15) is 11.5 Å². The van der Waals surface area contributed by atoms with E-state index in [1.807, 2.05) is 0 Å². The third-order valence-corrected chi connectivity index (χ3v) is 8.01. The average molecular weight is 547 g/mol. The van der Waals surface area contributed by atoms with Crippen molar-refractivity contribution in [2.75, 3.05) is 18.4 Å². The standard InChI is InChI=1S/C24H21F3N6O4S/c25-24(26,27)17-3-6-22(29-12-17)31-19-8-10-33(13-21(19)34)38(35,36)18-4-1-15(2-5-18)16-7-9-28-20(11-16)23-32-30-14-37-23/h1-7,9,11-12,14,19,21,34H,8,10,13H2,(H,29,31). The third-order valence-electron chi connectivity index (χ3n) is 6.13. The number of nitrogens with one attached hydrogen (secondary N) is 1. The first-order valence-electron chi connectivity index (χ1n) is 11.4. The Balaban J connectivity index is 1.25. The van der Waals surface area contributed by atoms with Gasteiger partial charge in [-0.2, -0.15) is 17.5 Å². The fourth-order valence-electron chi connectivity index (χ4n) is 4.11. The molecule has 2 atom stereocenters. The number of halogens is 3. The van der Waals surface area contributed by atoms with Gasteiger partial charge in [-0.15, -0.1) is 10.2 Å². The van der Waals surface area contributed by atoms with Gasteiger partial charge in [0, 0.05) is 25.5 Å². The van der Waals surface area contributed by atoms with E-state index in [0.29, 0.717) is 11.9 Å². The van der Waals surface area contributed by atoms with Crippen LogP contribution in [0.5, 0.6) is 0 Å². The maximum atomic E-state index is 13.2. The van der Waals surface area contributed by atoms with Gasteiger partial charge in [0.2, 0.25) is 16.4 Å². The molecule has 1 aliphatic rings. The molecule has 2 N–H and O–H groups in total. The number of benzene rings is 1. The van der Waals surface area contributed by atoms with Crippen molar-refractivity contribution in [1.82, 2.24) is 24.5 Å². The molecule has 0 radical (unpaired) electrons. The van der Waals surface area contributed by atoms with E-state index in [2.05, 4.69) is 25.5 Å². The van der Waals surface area contributed by atoms with Crippen molar-refractivity contribution < 1.29 is 31.1 Å². The molecular weight excluding hydrogens is 525 g/mol. The van der Waals surface area contributed by atoms with Gasteiger partial charge in [-0.05, 0) is 53.9 Å². The lowest BCUT2D eigenvalue weighted by atomic mass is 10.0. The Bertz CT molecular complexity index is 1500. The first kappa shape index (κ1) is 25.8. The third kappa shape index (κ3) is 5.37. The molecule has 0 spiro atoms. The highest BCUT2D eigenvalue weighted by Gasteiger charge is 2.35. The Morgan fingerprint density at radius 2 is 1.84 bits per heavy atom. The summed E-state index contributed by atoms with van der Waals surface area (Å²) in [6.45, 7) is -0.0718. The number of hydrogen-bond donors (Lipinski definition) is 2. The maximum Gasteiger partial charge on any atom is 0.417 e. The van der Waals surface area contributed by atoms with Crippen LogP contribution in [0, 0.1) is 0 Å². The second kappa shape index (κ2) is 10.1. The van der Waals surface area contributed by atoms with Crippen LogP contribution in [-0.4, -0.2) is 63.2 Å². The topological polar surface area (TPSA) is 134 Å². The molecule has 0 aliphatic carbocycles. The van der Waals surface area contributed by atoms with Crippen molar-refractivity contribution in [3.63, 3.8) is 0 Å². The number of anilines is 1. The lowest BCUT2D eigenvalue weighted by Gasteiger charge is -2.35. The molecule has 10 nitrogen and oxygen atoms in total. The van der Waals surface area contributed by atoms with E-state index < -0.39 is 33.9 Å². The minimum Gasteiger partial charge on any atom is -0.422 e. The summed E-state index contributed by atoms with van der Waals surface area (Å²) < 4.78 is 71.0. The Morgan fingerprint density at radius 1 is 1.05 bits per heavy atom. The largest absolute Gasteiger partial charge is 0.422 e. The van der Waals surface area contributed by atoms with E-state index in [4.69, 9.17) is 4.42 Å². The maximum absolute atomic E-state index is 13.2. The van der Waals surface area contributed by atoms with Gasteiger partial charge < -0.3 is 14.8 Å². The van der Waals surface area contributed by atoms with E-state index in [0.717, 1.165) is 17.2 Å². The first-order chi connectivity index (χ1) is 18.1. The molecule has 1 fully saturated rings. The molecule has 198 valence electrons. The van der Waals surface area contributed by atoms with Crippen LogP contribution in [0.15, 0.2) is 76.6 Å². The molecule has 1 aromatic carbocycles. The molecule has 0 saturated carbocycles. The molecule has 2 unspecified atom stereocenters. The van der Waals surface area contributed by atoms with Crippen LogP contribution in [0.2, 0.25) is 0 Å². The van der Waals surface area contributed by atoms with Gasteiger partial charge in [0.25, 0.3) is 5.89 Å². The number of hydrogen-bond acceptors (Lipinski definition) is 9. The zero-order chi connectivity index (χ0) is 26.9. The molecule has 3 aromatic heterocycles. The summed E-state index contributed by atoms with van der Waals surface area (Å²) in [6.07, 6.45) is -1.88. The smallest absolute Gasteiger partial charge is 0.417 e. The molecule has 38 heavy (non-hydrogen) atoms. The van der Waals surface area contributed by atoms with Crippen molar-refractivity contribution in [2.24, 2.45) is 0 Å². The van der Waals surface area contributed by atoms with Crippen LogP contribution in [0.25, 0.3) is 22.7 Å². The van der Waals surface area contributed by atoms with E-state index in [1.54, 1.807) is 30.5 Å². The second-order valence-corrected chi connectivity index (χ2v) is 10.5. The quantitative estimate of drug-likeness (QED) is 0.373. The lowest BCUT2D eigenvalue weighted by molar-refractivity contribution is -0.137. The highest BCUT2D eigenvalue weighted by molar-refractivity contribution is 7.89. The number of aliphatic hydroxyl groups is 1. The summed E-state index contributed by atoms with van der Waals surface area (Å²) in [5.41, 5.74) is 1.12. The summed E-state index contributed by atoms with van der Waals surface area (Å²) >= 11 is 0. The second-order valence-electron chi connectivity index (χ2n) is 8.60. The number of pyridine rings is 2. The molecule has 0 bridgehead atoms. The van der Waals surface area contributed by atoms with Crippen LogP contribution in [-0.2, 0) is 16.2 Å². The van der Waals surface area contributed by atoms with Gasteiger partial charge in [0.15, 0.2) is 0 Å². The molecule has 14 heteroatoms. The van der Waals surface area contributed by atoms with E-state index in [1.165, 1.54) is 28.9 Å². The number of alkyl halides is 3. The van der Waals surface area contributed by atoms with Gasteiger partial charge >= 0.3 is 6.18 Å². The van der Waals surface area contributed by atoms with Gasteiger partial charge in [0.05, 0.1) is 22.6 Å². The number of piperidine rings is 1.